The summed E-state index contributed by atoms with van der Waals surface area (Å²) in [5, 5.41) is 0. The molecule has 1 spiro atoms. The fourth-order valence-electron chi connectivity index (χ4n) is 12.0. The van der Waals surface area contributed by atoms with E-state index in [0.717, 1.165) is 51.4 Å². The second-order valence-corrected chi connectivity index (χ2v) is 17.4. The quantitative estimate of drug-likeness (QED) is 0.174. The maximum atomic E-state index is 5.40. The fourth-order valence-corrected chi connectivity index (χ4v) is 12.0. The molecule has 8 heteroatoms. The molecule has 2 aromatic heterocycles. The van der Waals surface area contributed by atoms with E-state index in [2.05, 4.69) is 242 Å². The first-order valence-corrected chi connectivity index (χ1v) is 22.5. The summed E-state index contributed by atoms with van der Waals surface area (Å²) >= 11 is 0. The van der Waals surface area contributed by atoms with Gasteiger partial charge in [0.25, 0.3) is 0 Å². The normalized spacial score (nSPS) is 20.6. The maximum absolute atomic E-state index is 5.40. The van der Waals surface area contributed by atoms with E-state index >= 15 is 0 Å². The molecule has 0 radical (unpaired) electrons. The predicted octanol–water partition coefficient (Wildman–Crippen LogP) is 12.9. The lowest BCUT2D eigenvalue weighted by Gasteiger charge is -2.52. The number of pyridine rings is 2. The van der Waals surface area contributed by atoms with Crippen LogP contribution in [0.3, 0.4) is 0 Å². The fraction of sp³-hybridized carbons (Fsp3) is 0.0877. The minimum Gasteiger partial charge on any atom is -0.317 e. The van der Waals surface area contributed by atoms with Crippen molar-refractivity contribution in [2.45, 2.75) is 30.3 Å². The molecule has 7 heterocycles. The highest BCUT2D eigenvalue weighted by molar-refractivity contribution is 5.98. The first-order valence-electron chi connectivity index (χ1n) is 22.5. The van der Waals surface area contributed by atoms with Gasteiger partial charge in [0.05, 0.1) is 22.7 Å². The Balaban J connectivity index is 1.18. The van der Waals surface area contributed by atoms with Crippen LogP contribution in [0.4, 0.5) is 68.5 Å². The Morgan fingerprint density at radius 3 is 1.32 bits per heavy atom. The average Bonchev–Trinajstić information content (AvgIpc) is 4.09. The van der Waals surface area contributed by atoms with E-state index in [1.807, 2.05) is 12.4 Å². The van der Waals surface area contributed by atoms with Gasteiger partial charge in [0.15, 0.2) is 11.6 Å². The van der Waals surface area contributed by atoms with E-state index in [1.54, 1.807) is 0 Å². The minimum atomic E-state index is -0.851. The predicted molar refractivity (Wildman–Crippen MR) is 262 cm³/mol. The summed E-state index contributed by atoms with van der Waals surface area (Å²) in [4.78, 5) is 26.1. The van der Waals surface area contributed by atoms with E-state index in [0.29, 0.717) is 6.42 Å². The molecule has 5 aliphatic rings. The number of benzene rings is 7. The van der Waals surface area contributed by atoms with Crippen molar-refractivity contribution in [2.75, 3.05) is 29.4 Å². The van der Waals surface area contributed by atoms with Gasteiger partial charge < -0.3 is 29.4 Å². The summed E-state index contributed by atoms with van der Waals surface area (Å²) in [6.07, 6.45) is 3.75. The van der Waals surface area contributed by atoms with Gasteiger partial charge >= 0.3 is 0 Å². The molecule has 0 fully saturated rings. The van der Waals surface area contributed by atoms with Gasteiger partial charge in [0.2, 0.25) is 0 Å². The molecule has 4 atom stereocenters. The Morgan fingerprint density at radius 1 is 0.323 bits per heavy atom. The van der Waals surface area contributed by atoms with Crippen LogP contribution in [-0.4, -0.2) is 28.5 Å². The third kappa shape index (κ3) is 4.85. The first kappa shape index (κ1) is 36.2. The zero-order valence-corrected chi connectivity index (χ0v) is 35.4. The van der Waals surface area contributed by atoms with Crippen LogP contribution in [0.15, 0.2) is 225 Å². The van der Waals surface area contributed by atoms with Crippen LogP contribution >= 0.6 is 0 Å². The summed E-state index contributed by atoms with van der Waals surface area (Å²) in [5.74, 6) is 1.87. The molecule has 0 bridgehead atoms. The molecule has 9 aromatic rings. The van der Waals surface area contributed by atoms with Crippen molar-refractivity contribution >= 4 is 68.5 Å². The number of hydrogen-bond donors (Lipinski definition) is 0. The van der Waals surface area contributed by atoms with Crippen molar-refractivity contribution in [2.24, 2.45) is 0 Å². The van der Waals surface area contributed by atoms with Crippen molar-refractivity contribution < 1.29 is 0 Å². The highest BCUT2D eigenvalue weighted by Crippen LogP contribution is 2.68. The largest absolute Gasteiger partial charge is 0.317 e. The van der Waals surface area contributed by atoms with E-state index in [1.165, 1.54) is 33.8 Å². The molecule has 5 aliphatic heterocycles. The van der Waals surface area contributed by atoms with Gasteiger partial charge in [0, 0.05) is 52.9 Å². The smallest absolute Gasteiger partial charge is 0.158 e. The number of rotatable bonds is 3. The van der Waals surface area contributed by atoms with Gasteiger partial charge in [-0.15, -0.1) is 0 Å². The molecule has 0 saturated heterocycles. The summed E-state index contributed by atoms with van der Waals surface area (Å²) in [6, 6.07) is 77.9. The molecule has 8 nitrogen and oxygen atoms in total. The topological polar surface area (TPSA) is 45.2 Å². The molecule has 0 N–H and O–H groups in total. The van der Waals surface area contributed by atoms with E-state index in [4.69, 9.17) is 9.97 Å². The van der Waals surface area contributed by atoms with Crippen LogP contribution in [0.5, 0.6) is 0 Å². The Morgan fingerprint density at radius 2 is 0.723 bits per heavy atom. The van der Waals surface area contributed by atoms with Crippen molar-refractivity contribution in [3.05, 3.63) is 241 Å². The van der Waals surface area contributed by atoms with Crippen molar-refractivity contribution in [3.8, 4) is 0 Å². The molecular formula is C57H42N8. The monoisotopic (exact) mass is 838 g/mol. The molecule has 0 saturated carbocycles. The summed E-state index contributed by atoms with van der Waals surface area (Å²) < 4.78 is 0. The van der Waals surface area contributed by atoms with Gasteiger partial charge in [-0.2, -0.15) is 0 Å². The highest BCUT2D eigenvalue weighted by Gasteiger charge is 2.68. The number of anilines is 12. The number of hydrogen-bond acceptors (Lipinski definition) is 8. The van der Waals surface area contributed by atoms with Crippen LogP contribution < -0.4 is 29.4 Å². The SMILES string of the molecule is c1ccc(N2c3ncccc3N3c4ccccc4C4(c5ccccc5N5c6ccccc6N(c6ccccc6)C54)C4N(c5ccccc5)c5cccnc5N4c4ccccc4CC32)cc1. The molecule has 0 aliphatic carbocycles. The van der Waals surface area contributed by atoms with Crippen molar-refractivity contribution in [1.29, 1.82) is 0 Å². The van der Waals surface area contributed by atoms with Crippen LogP contribution in [0, 0.1) is 0 Å². The molecule has 14 rings (SSSR count). The molecular weight excluding hydrogens is 797 g/mol. The second kappa shape index (κ2) is 13.8. The Hall–Kier alpha value is -8.36. The van der Waals surface area contributed by atoms with Gasteiger partial charge in [-0.1, -0.05) is 121 Å². The van der Waals surface area contributed by atoms with Gasteiger partial charge in [-0.25, -0.2) is 9.97 Å². The standard InChI is InChI=1S/C57H42N8/c1-4-21-40(22-5-1)60-48-32-16-17-33-49(48)64-47-31-15-12-28-44(47)57(55(60)64)43-27-11-14-30-46(43)63-51-35-19-36-58-53(51)62(42-25-8-3-9-26-42)52(63)38-39-20-10-13-29-45(39)65-54-50(34-18-37-59-54)61(56(57)65)41-23-6-2-7-24-41/h1-37,52,55-56H,38H2. The molecule has 65 heavy (non-hydrogen) atoms. The first-order chi connectivity index (χ1) is 32.3. The zero-order valence-electron chi connectivity index (χ0n) is 35.4. The van der Waals surface area contributed by atoms with Gasteiger partial charge in [-0.05, 0) is 108 Å². The Labute approximate surface area is 378 Å². The lowest BCUT2D eigenvalue weighted by Crippen LogP contribution is -2.64. The lowest BCUT2D eigenvalue weighted by atomic mass is 9.68. The number of fused-ring (bicyclic) bond motifs is 19. The second-order valence-electron chi connectivity index (χ2n) is 17.4. The number of nitrogens with zero attached hydrogens (tertiary/aromatic N) is 8. The lowest BCUT2D eigenvalue weighted by molar-refractivity contribution is 0.369. The minimum absolute atomic E-state index is 0.173. The van der Waals surface area contributed by atoms with Crippen LogP contribution in [0.2, 0.25) is 0 Å². The number of aromatic nitrogens is 2. The van der Waals surface area contributed by atoms with E-state index in [-0.39, 0.29) is 18.5 Å². The van der Waals surface area contributed by atoms with E-state index in [9.17, 15) is 0 Å². The summed E-state index contributed by atoms with van der Waals surface area (Å²) in [6.45, 7) is 0. The highest BCUT2D eigenvalue weighted by atomic mass is 15.5. The van der Waals surface area contributed by atoms with Crippen molar-refractivity contribution in [1.82, 2.24) is 9.97 Å². The van der Waals surface area contributed by atoms with Crippen LogP contribution in [0.1, 0.15) is 16.7 Å². The summed E-state index contributed by atoms with van der Waals surface area (Å²) in [7, 11) is 0. The average molecular weight is 839 g/mol. The third-order valence-electron chi connectivity index (χ3n) is 14.3. The molecule has 310 valence electrons. The Kier molecular flexibility index (Phi) is 7.69. The Bertz CT molecular complexity index is 3280. The molecule has 4 unspecified atom stereocenters. The number of para-hydroxylation sites is 8. The van der Waals surface area contributed by atoms with Gasteiger partial charge in [-0.3, -0.25) is 0 Å². The molecule has 7 aromatic carbocycles. The van der Waals surface area contributed by atoms with Crippen LogP contribution in [-0.2, 0) is 11.8 Å². The third-order valence-corrected chi connectivity index (χ3v) is 14.3. The summed E-state index contributed by atoms with van der Waals surface area (Å²) in [5.41, 5.74) is 14.1. The molecule has 0 amide bonds. The van der Waals surface area contributed by atoms with Gasteiger partial charge in [0.1, 0.15) is 23.9 Å². The zero-order chi connectivity index (χ0) is 42.6. The van der Waals surface area contributed by atoms with Crippen molar-refractivity contribution in [3.63, 3.8) is 0 Å². The van der Waals surface area contributed by atoms with E-state index < -0.39 is 5.41 Å². The maximum Gasteiger partial charge on any atom is 0.158 e. The van der Waals surface area contributed by atoms with Crippen LogP contribution in [0.25, 0.3) is 0 Å².